The molecule has 154 valence electrons. The Morgan fingerprint density at radius 3 is 2.48 bits per heavy atom. The zero-order chi connectivity index (χ0) is 20.8. The third kappa shape index (κ3) is 5.40. The highest BCUT2D eigenvalue weighted by Gasteiger charge is 2.26. The molecule has 0 saturated heterocycles. The van der Waals surface area contributed by atoms with Crippen molar-refractivity contribution < 1.29 is 23.8 Å². The van der Waals surface area contributed by atoms with Crippen molar-refractivity contribution in [3.8, 4) is 17.2 Å². The minimum absolute atomic E-state index is 0.00201. The first-order valence-corrected chi connectivity index (χ1v) is 9.69. The quantitative estimate of drug-likeness (QED) is 0.737. The minimum atomic E-state index is -0.287. The van der Waals surface area contributed by atoms with Crippen LogP contribution in [0.1, 0.15) is 20.8 Å². The lowest BCUT2D eigenvalue weighted by Crippen LogP contribution is -2.40. The van der Waals surface area contributed by atoms with Gasteiger partial charge in [-0.3, -0.25) is 9.59 Å². The summed E-state index contributed by atoms with van der Waals surface area (Å²) in [6, 6.07) is 12.4. The van der Waals surface area contributed by atoms with Gasteiger partial charge in [-0.05, 0) is 49.2 Å². The lowest BCUT2D eigenvalue weighted by atomic mass is 10.1. The molecule has 1 N–H and O–H groups in total. The summed E-state index contributed by atoms with van der Waals surface area (Å²) in [5.41, 5.74) is 1.31. The number of ether oxygens (including phenoxy) is 3. The van der Waals surface area contributed by atoms with Crippen LogP contribution < -0.4 is 24.4 Å². The number of hydrogen-bond donors (Lipinski definition) is 1. The van der Waals surface area contributed by atoms with Crippen LogP contribution in [0.2, 0.25) is 0 Å². The predicted molar refractivity (Wildman–Crippen MR) is 111 cm³/mol. The fraction of sp³-hybridized carbons (Fsp3) is 0.364. The summed E-state index contributed by atoms with van der Waals surface area (Å²) in [7, 11) is 0. The summed E-state index contributed by atoms with van der Waals surface area (Å²) in [5, 5.41) is 2.79. The molecule has 1 aliphatic rings. The number of carbonyl (C=O) groups excluding carboxylic acids is 2. The van der Waals surface area contributed by atoms with Crippen LogP contribution in [0.15, 0.2) is 42.5 Å². The molecule has 1 heterocycles. The molecule has 0 unspecified atom stereocenters. The molecular weight excluding hydrogens is 372 g/mol. The zero-order valence-corrected chi connectivity index (χ0v) is 16.9. The van der Waals surface area contributed by atoms with Gasteiger partial charge in [0.25, 0.3) is 11.8 Å². The van der Waals surface area contributed by atoms with Crippen molar-refractivity contribution in [1.29, 1.82) is 0 Å². The van der Waals surface area contributed by atoms with Gasteiger partial charge in [-0.15, -0.1) is 0 Å². The van der Waals surface area contributed by atoms with Gasteiger partial charge in [0.2, 0.25) is 0 Å². The van der Waals surface area contributed by atoms with Crippen LogP contribution >= 0.6 is 0 Å². The molecule has 0 spiro atoms. The first-order chi connectivity index (χ1) is 14.0. The maximum Gasteiger partial charge on any atom is 0.265 e. The molecule has 0 bridgehead atoms. The fourth-order valence-electron chi connectivity index (χ4n) is 2.99. The number of hydrogen-bond acceptors (Lipinski definition) is 5. The Labute approximate surface area is 170 Å². The molecule has 3 rings (SSSR count). The van der Waals surface area contributed by atoms with E-state index in [1.54, 1.807) is 47.4 Å². The summed E-state index contributed by atoms with van der Waals surface area (Å²) in [6.07, 6.45) is 0. The van der Waals surface area contributed by atoms with E-state index in [-0.39, 0.29) is 25.0 Å². The van der Waals surface area contributed by atoms with Crippen molar-refractivity contribution in [2.24, 2.45) is 5.92 Å². The number of nitrogens with one attached hydrogen (secondary N) is 1. The van der Waals surface area contributed by atoms with E-state index in [0.717, 1.165) is 11.4 Å². The summed E-state index contributed by atoms with van der Waals surface area (Å²) in [6.45, 7) is 7.12. The highest BCUT2D eigenvalue weighted by molar-refractivity contribution is 5.99. The molecule has 0 fully saturated rings. The topological polar surface area (TPSA) is 77.1 Å². The molecule has 0 aromatic heterocycles. The smallest absolute Gasteiger partial charge is 0.265 e. The van der Waals surface area contributed by atoms with Crippen LogP contribution in [0.4, 0.5) is 11.4 Å². The van der Waals surface area contributed by atoms with E-state index in [1.807, 2.05) is 6.92 Å². The second kappa shape index (κ2) is 9.32. The lowest BCUT2D eigenvalue weighted by Gasteiger charge is -2.31. The number of rotatable bonds is 8. The van der Waals surface area contributed by atoms with Gasteiger partial charge in [0, 0.05) is 18.3 Å². The van der Waals surface area contributed by atoms with Crippen LogP contribution in [0.3, 0.4) is 0 Å². The van der Waals surface area contributed by atoms with Crippen molar-refractivity contribution in [2.45, 2.75) is 20.8 Å². The lowest BCUT2D eigenvalue weighted by molar-refractivity contribution is -0.121. The molecule has 0 radical (unpaired) electrons. The molecule has 0 saturated carbocycles. The van der Waals surface area contributed by atoms with E-state index in [4.69, 9.17) is 14.2 Å². The van der Waals surface area contributed by atoms with Gasteiger partial charge in [0.1, 0.15) is 17.2 Å². The first-order valence-electron chi connectivity index (χ1n) is 9.69. The van der Waals surface area contributed by atoms with E-state index < -0.39 is 0 Å². The summed E-state index contributed by atoms with van der Waals surface area (Å²) in [4.78, 5) is 26.1. The van der Waals surface area contributed by atoms with Crippen molar-refractivity contribution in [2.75, 3.05) is 36.6 Å². The molecule has 29 heavy (non-hydrogen) atoms. The molecule has 7 nitrogen and oxygen atoms in total. The van der Waals surface area contributed by atoms with Gasteiger partial charge in [-0.2, -0.15) is 0 Å². The normalized spacial score (nSPS) is 13.0. The van der Waals surface area contributed by atoms with Crippen LogP contribution in [0.25, 0.3) is 0 Å². The van der Waals surface area contributed by atoms with Gasteiger partial charge in [0.15, 0.2) is 13.2 Å². The molecule has 2 aromatic rings. The van der Waals surface area contributed by atoms with Crippen molar-refractivity contribution >= 4 is 23.2 Å². The molecule has 0 atom stereocenters. The fourth-order valence-corrected chi connectivity index (χ4v) is 2.99. The van der Waals surface area contributed by atoms with Crippen molar-refractivity contribution in [1.82, 2.24) is 0 Å². The second-order valence-corrected chi connectivity index (χ2v) is 7.11. The number of fused-ring (bicyclic) bond motifs is 1. The monoisotopic (exact) mass is 398 g/mol. The number of nitrogens with zero attached hydrogens (tertiary/aromatic N) is 1. The van der Waals surface area contributed by atoms with E-state index in [1.165, 1.54) is 0 Å². The third-order valence-corrected chi connectivity index (χ3v) is 4.24. The Morgan fingerprint density at radius 2 is 1.83 bits per heavy atom. The number of amides is 2. The zero-order valence-electron chi connectivity index (χ0n) is 16.9. The van der Waals surface area contributed by atoms with Crippen molar-refractivity contribution in [3.63, 3.8) is 0 Å². The van der Waals surface area contributed by atoms with E-state index in [0.29, 0.717) is 36.3 Å². The number of anilines is 2. The SMILES string of the molecule is CCOc1ccc(OCC(=O)Nc2ccc3c(c2)OCC(=O)N3CC(C)C)cc1. The largest absolute Gasteiger partial charge is 0.494 e. The van der Waals surface area contributed by atoms with Gasteiger partial charge in [-0.25, -0.2) is 0 Å². The van der Waals surface area contributed by atoms with Crippen LogP contribution in [0.5, 0.6) is 17.2 Å². The Balaban J connectivity index is 1.59. The molecule has 7 heteroatoms. The van der Waals surface area contributed by atoms with Crippen LogP contribution in [-0.2, 0) is 9.59 Å². The van der Waals surface area contributed by atoms with Gasteiger partial charge in [0.05, 0.1) is 12.3 Å². The maximum atomic E-state index is 12.2. The minimum Gasteiger partial charge on any atom is -0.494 e. The molecule has 0 aliphatic carbocycles. The molecule has 1 aliphatic heterocycles. The summed E-state index contributed by atoms with van der Waals surface area (Å²) < 4.78 is 16.4. The van der Waals surface area contributed by atoms with Gasteiger partial charge >= 0.3 is 0 Å². The van der Waals surface area contributed by atoms with E-state index >= 15 is 0 Å². The van der Waals surface area contributed by atoms with E-state index in [2.05, 4.69) is 19.2 Å². The molecular formula is C22H26N2O5. The van der Waals surface area contributed by atoms with Gasteiger partial charge < -0.3 is 24.4 Å². The third-order valence-electron chi connectivity index (χ3n) is 4.24. The molecule has 2 amide bonds. The Bertz CT molecular complexity index is 864. The van der Waals surface area contributed by atoms with Crippen LogP contribution in [-0.4, -0.2) is 38.2 Å². The highest BCUT2D eigenvalue weighted by atomic mass is 16.5. The first kappa shape index (κ1) is 20.5. The average molecular weight is 398 g/mol. The Kier molecular flexibility index (Phi) is 6.59. The Hall–Kier alpha value is -3.22. The Morgan fingerprint density at radius 1 is 1.14 bits per heavy atom. The van der Waals surface area contributed by atoms with Crippen molar-refractivity contribution in [3.05, 3.63) is 42.5 Å². The molecule has 2 aromatic carbocycles. The predicted octanol–water partition coefficient (Wildman–Crippen LogP) is 3.48. The summed E-state index contributed by atoms with van der Waals surface area (Å²) in [5.74, 6) is 1.90. The summed E-state index contributed by atoms with van der Waals surface area (Å²) >= 11 is 0. The average Bonchev–Trinajstić information content (AvgIpc) is 2.70. The number of carbonyl (C=O) groups is 2. The number of benzene rings is 2. The standard InChI is InChI=1S/C22H26N2O5/c1-4-27-17-6-8-18(9-7-17)28-13-21(25)23-16-5-10-19-20(11-16)29-14-22(26)24(19)12-15(2)3/h5-11,15H,4,12-14H2,1-3H3,(H,23,25). The van der Waals surface area contributed by atoms with E-state index in [9.17, 15) is 9.59 Å². The maximum absolute atomic E-state index is 12.2. The second-order valence-electron chi connectivity index (χ2n) is 7.11. The van der Waals surface area contributed by atoms with Crippen LogP contribution in [0, 0.1) is 5.92 Å². The van der Waals surface area contributed by atoms with Gasteiger partial charge in [-0.1, -0.05) is 13.8 Å². The highest BCUT2D eigenvalue weighted by Crippen LogP contribution is 2.35.